The number of hydrogen-bond acceptors (Lipinski definition) is 12. The molecule has 0 unspecified atom stereocenters. The van der Waals surface area contributed by atoms with Gasteiger partial charge in [0.1, 0.15) is 23.0 Å². The molecule has 92 heavy (non-hydrogen) atoms. The highest BCUT2D eigenvalue weighted by Crippen LogP contribution is 2.57. The number of hydrogen-bond donors (Lipinski definition) is 0. The fraction of sp³-hybridized carbons (Fsp3) is 0.500. The molecule has 8 bridgehead atoms. The highest BCUT2D eigenvalue weighted by molar-refractivity contribution is 7.50. The van der Waals surface area contributed by atoms with Crippen LogP contribution < -0.4 is 18.1 Å². The molecule has 4 fully saturated rings. The predicted octanol–water partition coefficient (Wildman–Crippen LogP) is 14.2. The van der Waals surface area contributed by atoms with E-state index in [9.17, 15) is 38.4 Å². The zero-order valence-corrected chi connectivity index (χ0v) is 61.1. The second-order valence-electron chi connectivity index (χ2n) is 28.3. The molecule has 5 aliphatic rings. The number of imide groups is 4. The first-order chi connectivity index (χ1) is 42.4. The van der Waals surface area contributed by atoms with Crippen molar-refractivity contribution in [3.05, 3.63) is 115 Å². The van der Waals surface area contributed by atoms with Gasteiger partial charge in [0.25, 0.3) is 0 Å². The first-order valence-corrected chi connectivity index (χ1v) is 34.8. The van der Waals surface area contributed by atoms with Gasteiger partial charge in [-0.2, -0.15) is 0 Å². The molecule has 28 heteroatoms. The molecule has 0 atom stereocenters. The molecule has 1 aliphatic carbocycles. The van der Waals surface area contributed by atoms with E-state index in [2.05, 4.69) is 132 Å². The van der Waals surface area contributed by atoms with Crippen LogP contribution >= 0.6 is 33.8 Å². The Balaban J connectivity index is 1.47. The third-order valence-corrected chi connectivity index (χ3v) is 24.1. The molecule has 496 valence electrons. The van der Waals surface area contributed by atoms with Crippen molar-refractivity contribution >= 4 is 82.0 Å². The second kappa shape index (κ2) is 24.6. The first kappa shape index (κ1) is 69.1. The SMILES string of the molecule is CN1C(=O)N(C)P(Oc2c3cc(C(C)(C)C)cc2Cc2cc(C(C)(C)C)cc(c2OP2N(C)C(=O)N(C)C(=O)N2C)Cc2cc(C(C)(C)C)cc(c2OP2N(C)C(=O)N(C)C(=O)N2C)Cc2cc(C(C)(C)C)cc(c2OP2N(C)C(=O)N(C)C(=O)N2C)C3)N(C)C1=O. The molecule has 24 nitrogen and oxygen atoms in total. The topological polar surface area (TPSA) is 212 Å². The highest BCUT2D eigenvalue weighted by atomic mass is 31.2. The molecule has 4 aliphatic heterocycles. The molecular weight excluding hydrogens is 1250 g/mol. The van der Waals surface area contributed by atoms with Gasteiger partial charge in [-0.1, -0.05) is 132 Å². The van der Waals surface area contributed by atoms with Crippen molar-refractivity contribution in [1.82, 2.24) is 57.0 Å². The third-order valence-electron chi connectivity index (χ3n) is 17.2. The largest absolute Gasteiger partial charge is 0.436 e. The number of rotatable bonds is 8. The fourth-order valence-electron chi connectivity index (χ4n) is 11.4. The minimum absolute atomic E-state index is 0.0832. The van der Waals surface area contributed by atoms with Crippen molar-refractivity contribution in [1.29, 1.82) is 0 Å². The summed E-state index contributed by atoms with van der Waals surface area (Å²) in [6.07, 6.45) is 0.333. The lowest BCUT2D eigenvalue weighted by Crippen LogP contribution is -2.52. The summed E-state index contributed by atoms with van der Waals surface area (Å²) in [7, 11) is 9.66. The van der Waals surface area contributed by atoms with Gasteiger partial charge in [-0.3, -0.25) is 37.4 Å². The summed E-state index contributed by atoms with van der Waals surface area (Å²) in [5, 5.41) is 0. The van der Waals surface area contributed by atoms with Gasteiger partial charge in [-0.25, -0.2) is 58.0 Å². The van der Waals surface area contributed by atoms with Gasteiger partial charge >= 0.3 is 82.0 Å². The number of carbonyl (C=O) groups is 8. The molecule has 0 aromatic heterocycles. The van der Waals surface area contributed by atoms with Crippen LogP contribution in [0.2, 0.25) is 0 Å². The van der Waals surface area contributed by atoms with Gasteiger partial charge in [-0.05, 0) is 88.4 Å². The van der Waals surface area contributed by atoms with E-state index in [0.717, 1.165) is 41.9 Å². The van der Waals surface area contributed by atoms with Crippen LogP contribution in [0, 0.1) is 0 Å². The number of nitrogens with zero attached hydrogens (tertiary/aromatic N) is 12. The van der Waals surface area contributed by atoms with Gasteiger partial charge in [0.2, 0.25) is 0 Å². The van der Waals surface area contributed by atoms with E-state index in [0.29, 0.717) is 67.5 Å². The van der Waals surface area contributed by atoms with Crippen molar-refractivity contribution in [2.24, 2.45) is 0 Å². The van der Waals surface area contributed by atoms with Gasteiger partial charge < -0.3 is 18.1 Å². The molecular formula is C64H88N12O12P4. The monoisotopic (exact) mass is 1340 g/mol. The lowest BCUT2D eigenvalue weighted by molar-refractivity contribution is 0.162. The predicted molar refractivity (Wildman–Crippen MR) is 358 cm³/mol. The highest BCUT2D eigenvalue weighted by Gasteiger charge is 2.48. The lowest BCUT2D eigenvalue weighted by atomic mass is 9.79. The Labute approximate surface area is 546 Å². The molecule has 4 aromatic rings. The summed E-state index contributed by atoms with van der Waals surface area (Å²) in [6.45, 7) is 25.3. The number of fused-ring (bicyclic) bond motifs is 8. The molecule has 4 heterocycles. The molecule has 9 rings (SSSR count). The fourth-order valence-corrected chi connectivity index (χ4v) is 17.8. The quantitative estimate of drug-likeness (QED) is 0.133. The summed E-state index contributed by atoms with van der Waals surface area (Å²) in [5.74, 6) is 1.46. The van der Waals surface area contributed by atoms with Gasteiger partial charge in [0.15, 0.2) is 0 Å². The van der Waals surface area contributed by atoms with Crippen LogP contribution in [0.5, 0.6) is 23.0 Å². The average molecular weight is 1340 g/mol. The van der Waals surface area contributed by atoms with E-state index in [1.54, 1.807) is 56.4 Å². The minimum Gasteiger partial charge on any atom is -0.436 e. The minimum atomic E-state index is -2.20. The summed E-state index contributed by atoms with van der Waals surface area (Å²) in [4.78, 5) is 117. The average Bonchev–Trinajstić information content (AvgIpc) is 0.759. The van der Waals surface area contributed by atoms with Crippen LogP contribution in [0.3, 0.4) is 0 Å². The lowest BCUT2D eigenvalue weighted by Gasteiger charge is -2.42. The Kier molecular flexibility index (Phi) is 18.5. The molecule has 16 amide bonds. The van der Waals surface area contributed by atoms with Crippen LogP contribution in [-0.4, -0.2) is 190 Å². The Morgan fingerprint density at radius 1 is 0.250 bits per heavy atom. The van der Waals surface area contributed by atoms with Gasteiger partial charge in [0.05, 0.1) is 0 Å². The Hall–Kier alpha value is -7.24. The van der Waals surface area contributed by atoms with E-state index in [1.807, 2.05) is 0 Å². The van der Waals surface area contributed by atoms with E-state index in [4.69, 9.17) is 18.1 Å². The van der Waals surface area contributed by atoms with Crippen LogP contribution in [0.25, 0.3) is 0 Å². The number of urea groups is 8. The van der Waals surface area contributed by atoms with Crippen LogP contribution in [0.15, 0.2) is 48.5 Å². The van der Waals surface area contributed by atoms with Crippen molar-refractivity contribution in [3.8, 4) is 23.0 Å². The number of benzene rings is 4. The van der Waals surface area contributed by atoms with E-state index in [-0.39, 0.29) is 25.7 Å². The van der Waals surface area contributed by atoms with Crippen LogP contribution in [0.4, 0.5) is 38.4 Å². The maximum Gasteiger partial charge on any atom is 0.334 e. The Morgan fingerprint density at radius 3 is 0.478 bits per heavy atom. The van der Waals surface area contributed by atoms with Crippen molar-refractivity contribution < 1.29 is 56.5 Å². The first-order valence-electron chi connectivity index (χ1n) is 30.2. The van der Waals surface area contributed by atoms with Crippen molar-refractivity contribution in [2.75, 3.05) is 84.6 Å². The molecule has 4 saturated heterocycles. The Bertz CT molecular complexity index is 3090. The zero-order chi connectivity index (χ0) is 68.4. The van der Waals surface area contributed by atoms with E-state index >= 15 is 0 Å². The third kappa shape index (κ3) is 12.7. The van der Waals surface area contributed by atoms with E-state index in [1.165, 1.54) is 65.6 Å². The normalized spacial score (nSPS) is 18.4. The summed E-state index contributed by atoms with van der Waals surface area (Å²) >= 11 is 0. The molecule has 0 spiro atoms. The molecule has 0 radical (unpaired) electrons. The second-order valence-corrected chi connectivity index (χ2v) is 35.8. The van der Waals surface area contributed by atoms with Crippen molar-refractivity contribution in [2.45, 2.75) is 130 Å². The maximum absolute atomic E-state index is 14.1. The summed E-state index contributed by atoms with van der Waals surface area (Å²) in [6, 6.07) is 12.1. The number of carbonyl (C=O) groups excluding carboxylic acids is 8. The molecule has 0 saturated carbocycles. The molecule has 0 N–H and O–H groups in total. The van der Waals surface area contributed by atoms with Gasteiger partial charge in [-0.15, -0.1) is 0 Å². The van der Waals surface area contributed by atoms with Crippen LogP contribution in [-0.2, 0) is 47.3 Å². The molecule has 4 aromatic carbocycles. The van der Waals surface area contributed by atoms with Gasteiger partial charge in [0, 0.05) is 110 Å². The summed E-state index contributed by atoms with van der Waals surface area (Å²) < 4.78 is 41.0. The smallest absolute Gasteiger partial charge is 0.334 e. The Morgan fingerprint density at radius 2 is 0.370 bits per heavy atom. The summed E-state index contributed by atoms with van der Waals surface area (Å²) in [5.41, 5.74) is 6.73. The van der Waals surface area contributed by atoms with Crippen molar-refractivity contribution in [3.63, 3.8) is 0 Å². The number of amides is 16. The van der Waals surface area contributed by atoms with Crippen LogP contribution in [0.1, 0.15) is 150 Å². The van der Waals surface area contributed by atoms with E-state index < -0.39 is 104 Å². The zero-order valence-electron chi connectivity index (χ0n) is 57.5. The maximum atomic E-state index is 14.1. The standard InChI is InChI=1S/C64H88N12O12P4/c1-61(2,3)45-29-37-25-39-31-46(62(4,5)6)33-41(50(39)86-90-71(19)55(79)66(14)56(80)72(90)20)27-43-35-48(64(10,11)12)36-44(52(43)88-92-75(23)59(83)68(16)60(84)76(92)24)28-42-34-47(63(7,8)9)32-40(51(42)87-91-73(21)57(81)67(15)58(82)74(91)22)26-38(30-45)49(37)85-89-69(17)53(77)65(13)54(78)70(89)18/h29-36H,25-28H2,1-24H3.